The molecule has 0 saturated heterocycles. The number of hydrogen-bond donors (Lipinski definition) is 1. The number of benzene rings is 3. The average Bonchev–Trinajstić information content (AvgIpc) is 2.87. The molecular formula is C29H28FNO4. The van der Waals surface area contributed by atoms with Crippen molar-refractivity contribution in [3.63, 3.8) is 0 Å². The van der Waals surface area contributed by atoms with Crippen molar-refractivity contribution in [2.24, 2.45) is 0 Å². The Morgan fingerprint density at radius 3 is 2.80 bits per heavy atom. The first kappa shape index (κ1) is 23.2. The monoisotopic (exact) mass is 473 g/mol. The fraction of sp³-hybridized carbons (Fsp3) is 0.310. The van der Waals surface area contributed by atoms with Gasteiger partial charge in [-0.2, -0.15) is 0 Å². The van der Waals surface area contributed by atoms with Gasteiger partial charge >= 0.3 is 5.97 Å². The molecule has 4 aromatic rings. The number of nitrogens with zero attached hydrogens (tertiary/aromatic N) is 1. The molecule has 0 amide bonds. The summed E-state index contributed by atoms with van der Waals surface area (Å²) in [6.07, 6.45) is 1.56. The molecule has 5 nitrogen and oxygen atoms in total. The van der Waals surface area contributed by atoms with Gasteiger partial charge < -0.3 is 14.6 Å². The molecule has 1 aliphatic heterocycles. The smallest absolute Gasteiger partial charge is 0.337 e. The number of ether oxygens (including phenoxy) is 2. The van der Waals surface area contributed by atoms with Gasteiger partial charge in [-0.05, 0) is 65.9 Å². The number of aromatic nitrogens is 1. The van der Waals surface area contributed by atoms with Crippen LogP contribution in [0.15, 0.2) is 54.7 Å². The lowest BCUT2D eigenvalue weighted by Gasteiger charge is -2.31. The van der Waals surface area contributed by atoms with Crippen molar-refractivity contribution in [1.82, 2.24) is 4.98 Å². The zero-order chi connectivity index (χ0) is 24.7. The molecule has 2 heterocycles. The maximum absolute atomic E-state index is 14.0. The van der Waals surface area contributed by atoms with Gasteiger partial charge in [0.25, 0.3) is 0 Å². The highest BCUT2D eigenvalue weighted by molar-refractivity contribution is 6.08. The van der Waals surface area contributed by atoms with Gasteiger partial charge in [-0.15, -0.1) is 0 Å². The fourth-order valence-electron chi connectivity index (χ4n) is 4.96. The molecule has 2 atom stereocenters. The Morgan fingerprint density at radius 2 is 2.06 bits per heavy atom. The van der Waals surface area contributed by atoms with Crippen molar-refractivity contribution in [3.05, 3.63) is 71.4 Å². The molecule has 35 heavy (non-hydrogen) atoms. The summed E-state index contributed by atoms with van der Waals surface area (Å²) in [6, 6.07) is 15.7. The minimum Gasteiger partial charge on any atom is -0.493 e. The summed E-state index contributed by atoms with van der Waals surface area (Å²) in [7, 11) is 0. The van der Waals surface area contributed by atoms with E-state index >= 15 is 0 Å². The van der Waals surface area contributed by atoms with E-state index in [4.69, 9.17) is 14.5 Å². The number of pyridine rings is 1. The lowest BCUT2D eigenvalue weighted by molar-refractivity contribution is -0.166. The second-order valence-electron chi connectivity index (χ2n) is 9.38. The lowest BCUT2D eigenvalue weighted by Crippen LogP contribution is -2.35. The van der Waals surface area contributed by atoms with E-state index in [0.29, 0.717) is 18.6 Å². The first-order valence-corrected chi connectivity index (χ1v) is 11.9. The van der Waals surface area contributed by atoms with Gasteiger partial charge in [0.1, 0.15) is 12.4 Å². The molecule has 0 saturated carbocycles. The van der Waals surface area contributed by atoms with Gasteiger partial charge in [0.2, 0.25) is 0 Å². The molecule has 0 radical (unpaired) electrons. The quantitative estimate of drug-likeness (QED) is 0.328. The van der Waals surface area contributed by atoms with Crippen LogP contribution < -0.4 is 4.74 Å². The number of alkyl halides is 1. The highest BCUT2D eigenvalue weighted by atomic mass is 19.1. The maximum atomic E-state index is 14.0. The molecule has 0 spiro atoms. The molecule has 1 unspecified atom stereocenters. The van der Waals surface area contributed by atoms with Crippen molar-refractivity contribution in [2.75, 3.05) is 13.3 Å². The van der Waals surface area contributed by atoms with Crippen LogP contribution in [0.1, 0.15) is 43.1 Å². The third-order valence-electron chi connectivity index (χ3n) is 7.05. The predicted molar refractivity (Wildman–Crippen MR) is 135 cm³/mol. The van der Waals surface area contributed by atoms with Gasteiger partial charge in [-0.3, -0.25) is 4.98 Å². The Hall–Kier alpha value is -3.51. The zero-order valence-electron chi connectivity index (χ0n) is 20.1. The Kier molecular flexibility index (Phi) is 5.93. The number of hydrogen-bond acceptors (Lipinski definition) is 4. The molecule has 6 heteroatoms. The van der Waals surface area contributed by atoms with Crippen molar-refractivity contribution in [2.45, 2.75) is 45.3 Å². The predicted octanol–water partition coefficient (Wildman–Crippen LogP) is 6.58. The second kappa shape index (κ2) is 8.93. The van der Waals surface area contributed by atoms with Gasteiger partial charge in [-0.25, -0.2) is 9.18 Å². The summed E-state index contributed by atoms with van der Waals surface area (Å²) < 4.78 is 25.9. The summed E-state index contributed by atoms with van der Waals surface area (Å²) in [4.78, 5) is 17.3. The normalized spacial score (nSPS) is 15.5. The summed E-state index contributed by atoms with van der Waals surface area (Å²) in [5.74, 6) is -0.379. The largest absolute Gasteiger partial charge is 0.493 e. The van der Waals surface area contributed by atoms with Crippen LogP contribution in [0.3, 0.4) is 0 Å². The van der Waals surface area contributed by atoms with Crippen LogP contribution in [-0.2, 0) is 16.0 Å². The first-order valence-electron chi connectivity index (χ1n) is 11.9. The van der Waals surface area contributed by atoms with Crippen molar-refractivity contribution < 1.29 is 23.8 Å². The van der Waals surface area contributed by atoms with Gasteiger partial charge in [-0.1, -0.05) is 37.3 Å². The van der Waals surface area contributed by atoms with Crippen LogP contribution in [0.2, 0.25) is 0 Å². The number of rotatable bonds is 7. The standard InChI is InChI=1S/C29H28FNO4/c1-4-29(3,16-30)35-27(28(32)33)23-17(2)15-19-7-5-6-8-20(19)25(23)21-9-10-22-24-18(12-14-34-22)11-13-31-26(21)24/h5-11,13,15,27H,4,12,14,16H2,1-3H3,(H,32,33)/t27-,29?/m0/s1. The molecule has 1 aliphatic rings. The van der Waals surface area contributed by atoms with Gasteiger partial charge in [0, 0.05) is 29.1 Å². The van der Waals surface area contributed by atoms with Crippen molar-refractivity contribution in [3.8, 4) is 16.9 Å². The van der Waals surface area contributed by atoms with E-state index in [1.54, 1.807) is 20.0 Å². The van der Waals surface area contributed by atoms with E-state index in [0.717, 1.165) is 56.1 Å². The fourth-order valence-corrected chi connectivity index (χ4v) is 4.96. The molecule has 3 aromatic carbocycles. The van der Waals surface area contributed by atoms with Gasteiger partial charge in [0.15, 0.2) is 6.10 Å². The van der Waals surface area contributed by atoms with E-state index in [1.807, 2.05) is 55.5 Å². The lowest BCUT2D eigenvalue weighted by atomic mass is 9.85. The number of fused-ring (bicyclic) bond motifs is 1. The van der Waals surface area contributed by atoms with Crippen LogP contribution in [0, 0.1) is 6.92 Å². The third-order valence-corrected chi connectivity index (χ3v) is 7.05. The van der Waals surface area contributed by atoms with E-state index < -0.39 is 24.3 Å². The summed E-state index contributed by atoms with van der Waals surface area (Å²) in [6.45, 7) is 5.11. The highest BCUT2D eigenvalue weighted by Gasteiger charge is 2.35. The Labute approximate surface area is 203 Å². The minimum absolute atomic E-state index is 0.342. The Morgan fingerprint density at radius 1 is 1.26 bits per heavy atom. The van der Waals surface area contributed by atoms with Crippen molar-refractivity contribution in [1.29, 1.82) is 0 Å². The minimum atomic E-state index is -1.35. The molecule has 180 valence electrons. The number of carboxylic acid groups (broad SMARTS) is 1. The summed E-state index contributed by atoms with van der Waals surface area (Å²) >= 11 is 0. The first-order chi connectivity index (χ1) is 16.9. The number of carboxylic acids is 1. The highest BCUT2D eigenvalue weighted by Crippen LogP contribution is 2.45. The Bertz CT molecular complexity index is 1430. The van der Waals surface area contributed by atoms with E-state index in [-0.39, 0.29) is 0 Å². The van der Waals surface area contributed by atoms with E-state index in [9.17, 15) is 14.3 Å². The molecule has 5 rings (SSSR count). The molecule has 1 N–H and O–H groups in total. The van der Waals surface area contributed by atoms with Crippen LogP contribution >= 0.6 is 0 Å². The van der Waals surface area contributed by atoms with Crippen LogP contribution in [0.5, 0.6) is 5.75 Å². The molecular weight excluding hydrogens is 445 g/mol. The number of aliphatic carboxylic acids is 1. The Balaban J connectivity index is 1.87. The van der Waals surface area contributed by atoms with Crippen LogP contribution in [-0.4, -0.2) is 34.9 Å². The average molecular weight is 474 g/mol. The second-order valence-corrected chi connectivity index (χ2v) is 9.38. The molecule has 0 bridgehead atoms. The van der Waals surface area contributed by atoms with E-state index in [1.165, 1.54) is 0 Å². The number of carbonyl (C=O) groups is 1. The van der Waals surface area contributed by atoms with E-state index in [2.05, 4.69) is 0 Å². The molecule has 1 aromatic heterocycles. The maximum Gasteiger partial charge on any atom is 0.337 e. The van der Waals surface area contributed by atoms with Crippen LogP contribution in [0.25, 0.3) is 32.8 Å². The number of aryl methyl sites for hydroxylation is 1. The van der Waals surface area contributed by atoms with Gasteiger partial charge in [0.05, 0.1) is 17.7 Å². The summed E-state index contributed by atoms with van der Waals surface area (Å²) in [5, 5.41) is 13.1. The molecule has 0 aliphatic carbocycles. The molecule has 0 fully saturated rings. The van der Waals surface area contributed by atoms with Crippen molar-refractivity contribution >= 4 is 27.6 Å². The summed E-state index contributed by atoms with van der Waals surface area (Å²) in [5.41, 5.74) is 3.52. The van der Waals surface area contributed by atoms with Crippen LogP contribution in [0.4, 0.5) is 4.39 Å². The zero-order valence-corrected chi connectivity index (χ0v) is 20.1. The third kappa shape index (κ3) is 3.92. The topological polar surface area (TPSA) is 68.7 Å². The number of halogens is 1. The SMILES string of the molecule is CCC(C)(CF)O[C@H](C(=O)O)c1c(C)cc2ccccc2c1-c1ccc2c3c(ccnc13)CCO2.